The Morgan fingerprint density at radius 2 is 2.10 bits per heavy atom. The minimum atomic E-state index is -0.736. The van der Waals surface area contributed by atoms with E-state index in [-0.39, 0.29) is 29.1 Å². The van der Waals surface area contributed by atoms with Crippen molar-refractivity contribution in [2.75, 3.05) is 5.32 Å². The lowest BCUT2D eigenvalue weighted by Crippen LogP contribution is -2.22. The number of aliphatic hydroxyl groups excluding tert-OH is 1. The number of nitrogens with zero attached hydrogens (tertiary/aromatic N) is 1. The summed E-state index contributed by atoms with van der Waals surface area (Å²) in [6, 6.07) is 5.26. The Morgan fingerprint density at radius 1 is 1.38 bits per heavy atom. The molecule has 0 atom stereocenters. The summed E-state index contributed by atoms with van der Waals surface area (Å²) in [4.78, 5) is 23.0. The fourth-order valence-corrected chi connectivity index (χ4v) is 1.83. The fraction of sp³-hybridized carbons (Fsp3) is 0.143. The summed E-state index contributed by atoms with van der Waals surface area (Å²) in [5.41, 5.74) is 5.57. The third kappa shape index (κ3) is 3.09. The highest BCUT2D eigenvalue weighted by Crippen LogP contribution is 2.22. The second kappa shape index (κ2) is 5.76. The predicted molar refractivity (Wildman–Crippen MR) is 75.8 cm³/mol. The maximum atomic E-state index is 13.9. The molecule has 0 saturated carbocycles. The van der Waals surface area contributed by atoms with Crippen molar-refractivity contribution in [2.45, 2.75) is 6.61 Å². The van der Waals surface area contributed by atoms with Gasteiger partial charge in [-0.3, -0.25) is 9.59 Å². The zero-order valence-electron chi connectivity index (χ0n) is 11.3. The van der Waals surface area contributed by atoms with Crippen LogP contribution in [0.5, 0.6) is 0 Å². The minimum absolute atomic E-state index is 0.0720. The molecule has 0 bridgehead atoms. The van der Waals surface area contributed by atoms with Gasteiger partial charge in [0.05, 0.1) is 23.5 Å². The Morgan fingerprint density at radius 3 is 2.67 bits per heavy atom. The standard InChI is InChI=1S/C14H14FN3O3/c1-18-6-9(14(16)21)12(5-13(18)20)17-11-3-2-8(7-19)4-10(11)15/h2-6,17,19H,7H2,1H3,(H2,16,21). The van der Waals surface area contributed by atoms with E-state index in [1.165, 1.54) is 36.0 Å². The number of carbonyl (C=O) groups is 1. The van der Waals surface area contributed by atoms with Crippen LogP contribution in [-0.2, 0) is 13.7 Å². The molecule has 0 fully saturated rings. The number of rotatable bonds is 4. The molecule has 2 rings (SSSR count). The van der Waals surface area contributed by atoms with Gasteiger partial charge in [0.15, 0.2) is 0 Å². The maximum absolute atomic E-state index is 13.9. The Balaban J connectivity index is 2.46. The minimum Gasteiger partial charge on any atom is -0.392 e. The number of primary amides is 1. The predicted octanol–water partition coefficient (Wildman–Crippen LogP) is 0.859. The number of aliphatic hydroxyl groups is 1. The Kier molecular flexibility index (Phi) is 4.04. The van der Waals surface area contributed by atoms with Crippen molar-refractivity contribution >= 4 is 17.3 Å². The van der Waals surface area contributed by atoms with Crippen molar-refractivity contribution in [3.8, 4) is 0 Å². The number of nitrogens with one attached hydrogen (secondary N) is 1. The normalized spacial score (nSPS) is 10.4. The van der Waals surface area contributed by atoms with E-state index in [4.69, 9.17) is 10.8 Å². The van der Waals surface area contributed by atoms with E-state index in [2.05, 4.69) is 5.32 Å². The number of carbonyl (C=O) groups excluding carboxylic acids is 1. The van der Waals surface area contributed by atoms with Gasteiger partial charge < -0.3 is 20.7 Å². The SMILES string of the molecule is Cn1cc(C(N)=O)c(Nc2ccc(CO)cc2F)cc1=O. The number of amides is 1. The van der Waals surface area contributed by atoms with Gasteiger partial charge in [0.1, 0.15) is 5.82 Å². The van der Waals surface area contributed by atoms with Crippen LogP contribution in [0.1, 0.15) is 15.9 Å². The maximum Gasteiger partial charge on any atom is 0.252 e. The molecule has 0 aliphatic rings. The lowest BCUT2D eigenvalue weighted by atomic mass is 10.1. The summed E-state index contributed by atoms with van der Waals surface area (Å²) >= 11 is 0. The van der Waals surface area contributed by atoms with E-state index in [9.17, 15) is 14.0 Å². The van der Waals surface area contributed by atoms with Gasteiger partial charge in [0.2, 0.25) is 0 Å². The van der Waals surface area contributed by atoms with Crippen LogP contribution in [0.3, 0.4) is 0 Å². The van der Waals surface area contributed by atoms with E-state index in [0.29, 0.717) is 5.56 Å². The number of aryl methyl sites for hydroxylation is 1. The molecular weight excluding hydrogens is 277 g/mol. The van der Waals surface area contributed by atoms with E-state index in [0.717, 1.165) is 6.07 Å². The molecule has 21 heavy (non-hydrogen) atoms. The number of aromatic nitrogens is 1. The summed E-state index contributed by atoms with van der Waals surface area (Å²) in [6.07, 6.45) is 1.28. The highest BCUT2D eigenvalue weighted by atomic mass is 19.1. The van der Waals surface area contributed by atoms with Crippen LogP contribution < -0.4 is 16.6 Å². The molecule has 0 saturated heterocycles. The number of halogens is 1. The first kappa shape index (κ1) is 14.7. The van der Waals surface area contributed by atoms with Crippen molar-refractivity contribution in [1.82, 2.24) is 4.57 Å². The fourth-order valence-electron chi connectivity index (χ4n) is 1.83. The van der Waals surface area contributed by atoms with E-state index >= 15 is 0 Å². The molecule has 6 nitrogen and oxygen atoms in total. The van der Waals surface area contributed by atoms with Crippen molar-refractivity contribution in [3.63, 3.8) is 0 Å². The largest absolute Gasteiger partial charge is 0.392 e. The summed E-state index contributed by atoms with van der Waals surface area (Å²) in [6.45, 7) is -0.282. The molecule has 7 heteroatoms. The number of nitrogens with two attached hydrogens (primary N) is 1. The summed E-state index contributed by atoms with van der Waals surface area (Å²) in [7, 11) is 1.48. The van der Waals surface area contributed by atoms with E-state index < -0.39 is 11.7 Å². The van der Waals surface area contributed by atoms with Crippen LogP contribution in [0.25, 0.3) is 0 Å². The van der Waals surface area contributed by atoms with Gasteiger partial charge in [0, 0.05) is 19.3 Å². The molecule has 1 heterocycles. The van der Waals surface area contributed by atoms with Gasteiger partial charge in [-0.05, 0) is 17.7 Å². The number of anilines is 2. The first-order valence-electron chi connectivity index (χ1n) is 6.09. The summed E-state index contributed by atoms with van der Waals surface area (Å²) in [5.74, 6) is -1.35. The molecule has 1 aromatic carbocycles. The van der Waals surface area contributed by atoms with Crippen molar-refractivity contribution in [3.05, 3.63) is 57.8 Å². The van der Waals surface area contributed by atoms with Crippen molar-refractivity contribution < 1.29 is 14.3 Å². The van der Waals surface area contributed by atoms with E-state index in [1.54, 1.807) is 0 Å². The highest BCUT2D eigenvalue weighted by Gasteiger charge is 2.12. The number of hydrogen-bond acceptors (Lipinski definition) is 4. The summed E-state index contributed by atoms with van der Waals surface area (Å²) < 4.78 is 15.1. The molecule has 0 aliphatic carbocycles. The molecule has 0 spiro atoms. The van der Waals surface area contributed by atoms with Gasteiger partial charge in [-0.15, -0.1) is 0 Å². The highest BCUT2D eigenvalue weighted by molar-refractivity contribution is 5.98. The molecule has 0 unspecified atom stereocenters. The Hall–Kier alpha value is -2.67. The van der Waals surface area contributed by atoms with Gasteiger partial charge in [-0.1, -0.05) is 6.07 Å². The average Bonchev–Trinajstić information content (AvgIpc) is 2.44. The average molecular weight is 291 g/mol. The number of benzene rings is 1. The molecule has 0 aliphatic heterocycles. The second-order valence-electron chi connectivity index (χ2n) is 4.51. The Labute approximate surface area is 119 Å². The lowest BCUT2D eigenvalue weighted by Gasteiger charge is -2.12. The second-order valence-corrected chi connectivity index (χ2v) is 4.51. The smallest absolute Gasteiger partial charge is 0.252 e. The zero-order chi connectivity index (χ0) is 15.6. The molecule has 1 aromatic heterocycles. The lowest BCUT2D eigenvalue weighted by molar-refractivity contribution is 0.100. The molecule has 1 amide bonds. The van der Waals surface area contributed by atoms with Crippen LogP contribution in [0.15, 0.2) is 35.3 Å². The van der Waals surface area contributed by atoms with Crippen LogP contribution in [0, 0.1) is 5.82 Å². The van der Waals surface area contributed by atoms with Gasteiger partial charge in [0.25, 0.3) is 11.5 Å². The van der Waals surface area contributed by atoms with E-state index in [1.807, 2.05) is 0 Å². The third-order valence-electron chi connectivity index (χ3n) is 2.98. The van der Waals surface area contributed by atoms with Gasteiger partial charge >= 0.3 is 0 Å². The Bertz CT molecular complexity index is 756. The van der Waals surface area contributed by atoms with Crippen molar-refractivity contribution in [2.24, 2.45) is 12.8 Å². The molecule has 2 aromatic rings. The summed E-state index contributed by atoms with van der Waals surface area (Å²) in [5, 5.41) is 11.6. The third-order valence-corrected chi connectivity index (χ3v) is 2.98. The topological polar surface area (TPSA) is 97.3 Å². The van der Waals surface area contributed by atoms with Crippen molar-refractivity contribution in [1.29, 1.82) is 0 Å². The van der Waals surface area contributed by atoms with Crippen LogP contribution in [-0.4, -0.2) is 15.6 Å². The van der Waals surface area contributed by atoms with Gasteiger partial charge in [-0.25, -0.2) is 4.39 Å². The van der Waals surface area contributed by atoms with Gasteiger partial charge in [-0.2, -0.15) is 0 Å². The molecule has 4 N–H and O–H groups in total. The van der Waals surface area contributed by atoms with Crippen LogP contribution >= 0.6 is 0 Å². The first-order chi connectivity index (χ1) is 9.92. The van der Waals surface area contributed by atoms with Crippen LogP contribution in [0.2, 0.25) is 0 Å². The number of hydrogen-bond donors (Lipinski definition) is 3. The molecular formula is C14H14FN3O3. The monoisotopic (exact) mass is 291 g/mol. The first-order valence-corrected chi connectivity index (χ1v) is 6.09. The number of pyridine rings is 1. The molecule has 0 radical (unpaired) electrons. The zero-order valence-corrected chi connectivity index (χ0v) is 11.3. The van der Waals surface area contributed by atoms with Crippen LogP contribution in [0.4, 0.5) is 15.8 Å². The molecule has 110 valence electrons. The quantitative estimate of drug-likeness (QED) is 0.778.